The van der Waals surface area contributed by atoms with Crippen molar-refractivity contribution in [2.45, 2.75) is 18.9 Å². The van der Waals surface area contributed by atoms with Gasteiger partial charge in [0.25, 0.3) is 0 Å². The van der Waals surface area contributed by atoms with E-state index in [2.05, 4.69) is 31.2 Å². The highest BCUT2D eigenvalue weighted by Crippen LogP contribution is 2.24. The average molecular weight is 356 g/mol. The first-order chi connectivity index (χ1) is 9.53. The Morgan fingerprint density at radius 1 is 1.25 bits per heavy atom. The molecule has 1 saturated heterocycles. The first-order valence-electron chi connectivity index (χ1n) is 6.41. The van der Waals surface area contributed by atoms with E-state index >= 15 is 0 Å². The number of nitrogens with zero attached hydrogens (tertiary/aromatic N) is 2. The third kappa shape index (κ3) is 2.93. The van der Waals surface area contributed by atoms with Crippen molar-refractivity contribution in [3.8, 4) is 0 Å². The number of aromatic nitrogens is 2. The number of anilines is 1. The minimum atomic E-state index is -2.83. The highest BCUT2D eigenvalue weighted by molar-refractivity contribution is 9.10. The lowest BCUT2D eigenvalue weighted by Gasteiger charge is -2.24. The Hall–Kier alpha value is -1.21. The molecule has 1 fully saturated rings. The molecule has 1 aliphatic rings. The van der Waals surface area contributed by atoms with Crippen LogP contribution < -0.4 is 5.32 Å². The maximum Gasteiger partial charge on any atom is 0.150 e. The molecule has 0 atom stereocenters. The molecule has 2 aromatic heterocycles. The molecule has 0 radical (unpaired) electrons. The summed E-state index contributed by atoms with van der Waals surface area (Å²) < 4.78 is 23.8. The predicted octanol–water partition coefficient (Wildman–Crippen LogP) is 2.38. The first kappa shape index (κ1) is 13.8. The van der Waals surface area contributed by atoms with Gasteiger partial charge in [0.2, 0.25) is 0 Å². The van der Waals surface area contributed by atoms with Crippen molar-refractivity contribution < 1.29 is 8.42 Å². The number of halogens is 1. The highest BCUT2D eigenvalue weighted by atomic mass is 79.9. The summed E-state index contributed by atoms with van der Waals surface area (Å²) in [5.41, 5.74) is 2.53. The van der Waals surface area contributed by atoms with Gasteiger partial charge in [-0.15, -0.1) is 0 Å². The number of hydrogen-bond donors (Lipinski definition) is 1. The zero-order valence-corrected chi connectivity index (χ0v) is 13.1. The van der Waals surface area contributed by atoms with Gasteiger partial charge in [0.1, 0.15) is 15.4 Å². The van der Waals surface area contributed by atoms with Crippen molar-refractivity contribution in [2.75, 3.05) is 16.8 Å². The van der Waals surface area contributed by atoms with Crippen LogP contribution in [-0.2, 0) is 9.84 Å². The number of rotatable bonds is 2. The van der Waals surface area contributed by atoms with Crippen LogP contribution in [0.25, 0.3) is 11.0 Å². The first-order valence-corrected chi connectivity index (χ1v) is 9.02. The fourth-order valence-electron chi connectivity index (χ4n) is 2.38. The zero-order valence-electron chi connectivity index (χ0n) is 10.7. The average Bonchev–Trinajstić information content (AvgIpc) is 2.41. The van der Waals surface area contributed by atoms with Gasteiger partial charge in [-0.25, -0.2) is 8.42 Å². The monoisotopic (exact) mass is 355 g/mol. The Morgan fingerprint density at radius 3 is 2.75 bits per heavy atom. The molecular formula is C13H14BrN3O2S. The molecule has 0 unspecified atom stereocenters. The molecule has 0 spiro atoms. The van der Waals surface area contributed by atoms with E-state index in [-0.39, 0.29) is 17.5 Å². The Balaban J connectivity index is 1.85. The van der Waals surface area contributed by atoms with E-state index < -0.39 is 9.84 Å². The van der Waals surface area contributed by atoms with Gasteiger partial charge < -0.3 is 5.32 Å². The summed E-state index contributed by atoms with van der Waals surface area (Å²) in [5.74, 6) is 0.513. The van der Waals surface area contributed by atoms with Crippen LogP contribution in [0, 0.1) is 0 Å². The van der Waals surface area contributed by atoms with Crippen LogP contribution >= 0.6 is 15.9 Å². The van der Waals surface area contributed by atoms with Gasteiger partial charge in [-0.1, -0.05) is 0 Å². The number of fused-ring (bicyclic) bond motifs is 1. The lowest BCUT2D eigenvalue weighted by atomic mass is 10.1. The van der Waals surface area contributed by atoms with E-state index in [0.29, 0.717) is 12.8 Å². The van der Waals surface area contributed by atoms with Crippen LogP contribution in [0.1, 0.15) is 12.8 Å². The molecule has 0 aromatic carbocycles. The van der Waals surface area contributed by atoms with Crippen molar-refractivity contribution >= 4 is 42.5 Å². The lowest BCUT2D eigenvalue weighted by molar-refractivity contribution is 0.559. The standard InChI is InChI=1S/C13H14BrN3O2S/c14-9-7-12-13(16-8-9)11(1-4-15-12)17-10-2-5-20(18,19)6-3-10/h1,4,7-8,10H,2-3,5-6H2,(H,15,17). The highest BCUT2D eigenvalue weighted by Gasteiger charge is 2.23. The van der Waals surface area contributed by atoms with E-state index in [1.165, 1.54) is 0 Å². The topological polar surface area (TPSA) is 72.0 Å². The Kier molecular flexibility index (Phi) is 3.64. The molecule has 3 rings (SSSR count). The number of nitrogens with one attached hydrogen (secondary N) is 1. The Morgan fingerprint density at radius 2 is 2.00 bits per heavy atom. The second kappa shape index (κ2) is 5.29. The van der Waals surface area contributed by atoms with Crippen LogP contribution in [-0.4, -0.2) is 35.9 Å². The minimum Gasteiger partial charge on any atom is -0.380 e. The zero-order chi connectivity index (χ0) is 14.2. The fourth-order valence-corrected chi connectivity index (χ4v) is 4.19. The summed E-state index contributed by atoms with van der Waals surface area (Å²) in [7, 11) is -2.83. The third-order valence-corrected chi connectivity index (χ3v) is 5.61. The molecule has 0 saturated carbocycles. The molecule has 7 heteroatoms. The second-order valence-corrected chi connectivity index (χ2v) is 8.17. The van der Waals surface area contributed by atoms with Gasteiger partial charge in [0, 0.05) is 22.9 Å². The molecule has 106 valence electrons. The summed E-state index contributed by atoms with van der Waals surface area (Å²) in [5, 5.41) is 3.40. The van der Waals surface area contributed by atoms with Crippen molar-refractivity contribution in [3.63, 3.8) is 0 Å². The van der Waals surface area contributed by atoms with Crippen LogP contribution in [0.5, 0.6) is 0 Å². The van der Waals surface area contributed by atoms with E-state index in [4.69, 9.17) is 0 Å². The third-order valence-electron chi connectivity index (χ3n) is 3.46. The van der Waals surface area contributed by atoms with Crippen LogP contribution in [0.2, 0.25) is 0 Å². The molecule has 0 amide bonds. The van der Waals surface area contributed by atoms with Gasteiger partial charge in [-0.3, -0.25) is 9.97 Å². The number of hydrogen-bond acceptors (Lipinski definition) is 5. The summed E-state index contributed by atoms with van der Waals surface area (Å²) >= 11 is 3.38. The van der Waals surface area contributed by atoms with E-state index in [1.807, 2.05) is 12.1 Å². The summed E-state index contributed by atoms with van der Waals surface area (Å²) in [6, 6.07) is 3.97. The molecule has 1 aliphatic heterocycles. The fraction of sp³-hybridized carbons (Fsp3) is 0.385. The second-order valence-electron chi connectivity index (χ2n) is 4.95. The van der Waals surface area contributed by atoms with Crippen molar-refractivity contribution in [3.05, 3.63) is 29.0 Å². The maximum absolute atomic E-state index is 11.4. The van der Waals surface area contributed by atoms with Crippen LogP contribution in [0.4, 0.5) is 5.69 Å². The van der Waals surface area contributed by atoms with Gasteiger partial charge in [-0.05, 0) is 40.9 Å². The minimum absolute atomic E-state index is 0.176. The summed E-state index contributed by atoms with van der Waals surface area (Å²) in [6.45, 7) is 0. The van der Waals surface area contributed by atoms with Crippen molar-refractivity contribution in [1.29, 1.82) is 0 Å². The molecular weight excluding hydrogens is 342 g/mol. The van der Waals surface area contributed by atoms with Crippen LogP contribution in [0.3, 0.4) is 0 Å². The predicted molar refractivity (Wildman–Crippen MR) is 82.5 cm³/mol. The molecule has 2 aromatic rings. The molecule has 5 nitrogen and oxygen atoms in total. The van der Waals surface area contributed by atoms with E-state index in [0.717, 1.165) is 21.2 Å². The van der Waals surface area contributed by atoms with E-state index in [9.17, 15) is 8.42 Å². The molecule has 20 heavy (non-hydrogen) atoms. The molecule has 0 bridgehead atoms. The number of pyridine rings is 2. The summed E-state index contributed by atoms with van der Waals surface area (Å²) in [6.07, 6.45) is 4.75. The Bertz CT molecular complexity index is 734. The maximum atomic E-state index is 11.4. The van der Waals surface area contributed by atoms with Gasteiger partial charge in [0.15, 0.2) is 0 Å². The molecule has 0 aliphatic carbocycles. The lowest BCUT2D eigenvalue weighted by Crippen LogP contribution is -2.32. The van der Waals surface area contributed by atoms with E-state index in [1.54, 1.807) is 12.4 Å². The smallest absolute Gasteiger partial charge is 0.150 e. The van der Waals surface area contributed by atoms with Crippen molar-refractivity contribution in [1.82, 2.24) is 9.97 Å². The van der Waals surface area contributed by atoms with Crippen LogP contribution in [0.15, 0.2) is 29.0 Å². The molecule has 1 N–H and O–H groups in total. The summed E-state index contributed by atoms with van der Waals surface area (Å²) in [4.78, 5) is 8.68. The SMILES string of the molecule is O=S1(=O)CCC(Nc2ccnc3cc(Br)cnc23)CC1. The quantitative estimate of drug-likeness (QED) is 0.895. The van der Waals surface area contributed by atoms with Crippen molar-refractivity contribution in [2.24, 2.45) is 0 Å². The van der Waals surface area contributed by atoms with Gasteiger partial charge in [-0.2, -0.15) is 0 Å². The Labute approximate surface area is 125 Å². The molecule has 3 heterocycles. The number of sulfone groups is 1. The van der Waals surface area contributed by atoms with Gasteiger partial charge >= 0.3 is 0 Å². The normalized spacial score (nSPS) is 19.1. The van der Waals surface area contributed by atoms with Gasteiger partial charge in [0.05, 0.1) is 22.7 Å². The largest absolute Gasteiger partial charge is 0.380 e.